The maximum atomic E-state index is 13.0. The van der Waals surface area contributed by atoms with Crippen molar-refractivity contribution < 1.29 is 32.7 Å². The molecule has 13 heteroatoms. The number of carboxylic acid groups (broad SMARTS) is 1. The summed E-state index contributed by atoms with van der Waals surface area (Å²) in [6, 6.07) is 13.0. The maximum Gasteiger partial charge on any atom is 0.417 e. The van der Waals surface area contributed by atoms with Gasteiger partial charge in [0.2, 0.25) is 0 Å². The number of carboxylic acids is 1. The van der Waals surface area contributed by atoms with Crippen molar-refractivity contribution in [2.24, 2.45) is 10.9 Å². The lowest BCUT2D eigenvalue weighted by Gasteiger charge is -2.38. The van der Waals surface area contributed by atoms with E-state index in [1.165, 1.54) is 28.9 Å². The number of rotatable bonds is 9. The second kappa shape index (κ2) is 12.8. The van der Waals surface area contributed by atoms with Crippen LogP contribution in [0.25, 0.3) is 0 Å². The number of alkyl halides is 3. The molecule has 0 spiro atoms. The summed E-state index contributed by atoms with van der Waals surface area (Å²) < 4.78 is 40.1. The molecule has 2 aromatic carbocycles. The molecule has 9 nitrogen and oxygen atoms in total. The van der Waals surface area contributed by atoms with Gasteiger partial charge < -0.3 is 19.5 Å². The van der Waals surface area contributed by atoms with Crippen molar-refractivity contribution in [3.63, 3.8) is 0 Å². The third-order valence-electron chi connectivity index (χ3n) is 7.18. The van der Waals surface area contributed by atoms with Crippen molar-refractivity contribution in [3.8, 4) is 0 Å². The Labute approximate surface area is 249 Å². The second-order valence-electron chi connectivity index (χ2n) is 10.2. The number of aliphatic carboxylic acids is 1. The van der Waals surface area contributed by atoms with Crippen molar-refractivity contribution in [1.29, 1.82) is 0 Å². The molecule has 0 saturated heterocycles. The monoisotopic (exact) mass is 616 g/mol. The standard InChI is InChI=1S/C30H28ClF3N4O5/c1-18-25(28(41)42)26(21-5-3-6-23(31)15-21)38(29(43)35-18)14-4-13-36(2)27(40)20-9-7-19(8-10-20)16-37-17-22(30(32,33)34)11-12-24(37)39/h3,5-12,15,17,25-26H,4,13-14,16H2,1-2H3,(H,41,42). The zero-order valence-corrected chi connectivity index (χ0v) is 24.0. The number of carbonyl (C=O) groups is 3. The van der Waals surface area contributed by atoms with Crippen molar-refractivity contribution in [2.75, 3.05) is 20.1 Å². The number of pyridine rings is 1. The van der Waals surface area contributed by atoms with Gasteiger partial charge in [-0.1, -0.05) is 35.9 Å². The molecule has 0 saturated carbocycles. The first-order valence-corrected chi connectivity index (χ1v) is 13.6. The smallest absolute Gasteiger partial charge is 0.417 e. The van der Waals surface area contributed by atoms with E-state index in [4.69, 9.17) is 11.6 Å². The molecule has 1 N–H and O–H groups in total. The molecule has 0 radical (unpaired) electrons. The summed E-state index contributed by atoms with van der Waals surface area (Å²) >= 11 is 6.15. The molecule has 3 aromatic rings. The molecule has 43 heavy (non-hydrogen) atoms. The number of halogens is 4. The largest absolute Gasteiger partial charge is 0.481 e. The number of benzene rings is 2. The van der Waals surface area contributed by atoms with Crippen molar-refractivity contribution in [3.05, 3.63) is 104 Å². The van der Waals surface area contributed by atoms with Gasteiger partial charge in [-0.25, -0.2) is 9.79 Å². The van der Waals surface area contributed by atoms with Gasteiger partial charge in [-0.2, -0.15) is 13.2 Å². The molecule has 2 atom stereocenters. The maximum absolute atomic E-state index is 13.0. The number of hydrogen-bond donors (Lipinski definition) is 1. The van der Waals surface area contributed by atoms with Gasteiger partial charge in [0.15, 0.2) is 0 Å². The molecule has 1 aliphatic heterocycles. The van der Waals surface area contributed by atoms with Crippen LogP contribution in [0.1, 0.15) is 46.4 Å². The fourth-order valence-electron chi connectivity index (χ4n) is 5.00. The van der Waals surface area contributed by atoms with Crippen LogP contribution in [0.2, 0.25) is 5.02 Å². The van der Waals surface area contributed by atoms with Gasteiger partial charge in [-0.3, -0.25) is 14.4 Å². The molecule has 1 aliphatic rings. The molecule has 226 valence electrons. The van der Waals surface area contributed by atoms with Crippen LogP contribution in [0.15, 0.2) is 76.6 Å². The van der Waals surface area contributed by atoms with Crippen molar-refractivity contribution >= 4 is 35.2 Å². The average Bonchev–Trinajstić information content (AvgIpc) is 2.94. The van der Waals surface area contributed by atoms with Gasteiger partial charge in [0.05, 0.1) is 18.2 Å². The van der Waals surface area contributed by atoms with Crippen LogP contribution in [0.3, 0.4) is 0 Å². The first-order chi connectivity index (χ1) is 20.3. The lowest BCUT2D eigenvalue weighted by molar-refractivity contribution is -0.141. The molecule has 0 bridgehead atoms. The molecule has 2 unspecified atom stereocenters. The van der Waals surface area contributed by atoms with Crippen LogP contribution in [0, 0.1) is 5.92 Å². The molecule has 0 fully saturated rings. The van der Waals surface area contributed by atoms with Crippen LogP contribution in [0.4, 0.5) is 18.0 Å². The molecular formula is C30H28ClF3N4O5. The summed E-state index contributed by atoms with van der Waals surface area (Å²) in [6.45, 7) is 1.75. The number of carbonyl (C=O) groups excluding carboxylic acids is 2. The van der Waals surface area contributed by atoms with E-state index in [1.54, 1.807) is 43.4 Å². The summed E-state index contributed by atoms with van der Waals surface area (Å²) in [5.41, 5.74) is 0.0610. The Kier molecular flexibility index (Phi) is 9.39. The molecule has 3 amide bonds. The zero-order valence-electron chi connectivity index (χ0n) is 23.2. The third kappa shape index (κ3) is 7.31. The average molecular weight is 617 g/mol. The summed E-state index contributed by atoms with van der Waals surface area (Å²) in [5.74, 6) is -2.53. The minimum Gasteiger partial charge on any atom is -0.481 e. The predicted octanol–water partition coefficient (Wildman–Crippen LogP) is 5.37. The highest BCUT2D eigenvalue weighted by atomic mass is 35.5. The zero-order chi connectivity index (χ0) is 31.5. The Hall–Kier alpha value is -4.45. The molecular weight excluding hydrogens is 589 g/mol. The Morgan fingerprint density at radius 1 is 1.07 bits per heavy atom. The highest BCUT2D eigenvalue weighted by molar-refractivity contribution is 6.30. The Morgan fingerprint density at radius 2 is 1.77 bits per heavy atom. The highest BCUT2D eigenvalue weighted by Crippen LogP contribution is 2.35. The van der Waals surface area contributed by atoms with Crippen LogP contribution in [-0.4, -0.2) is 63.2 Å². The van der Waals surface area contributed by atoms with Gasteiger partial charge in [0.25, 0.3) is 11.5 Å². The number of nitrogens with zero attached hydrogens (tertiary/aromatic N) is 4. The first kappa shape index (κ1) is 31.5. The van der Waals surface area contributed by atoms with Gasteiger partial charge in [-0.15, -0.1) is 0 Å². The Balaban J connectivity index is 1.42. The Morgan fingerprint density at radius 3 is 2.40 bits per heavy atom. The van der Waals surface area contributed by atoms with Gasteiger partial charge >= 0.3 is 18.2 Å². The van der Waals surface area contributed by atoms with Crippen molar-refractivity contribution in [1.82, 2.24) is 14.4 Å². The van der Waals surface area contributed by atoms with Crippen LogP contribution in [-0.2, 0) is 17.5 Å². The number of hydrogen-bond acceptors (Lipinski definition) is 4. The van der Waals surface area contributed by atoms with E-state index >= 15 is 0 Å². The van der Waals surface area contributed by atoms with E-state index in [0.29, 0.717) is 28.1 Å². The number of aromatic nitrogens is 1. The third-order valence-corrected chi connectivity index (χ3v) is 7.41. The van der Waals surface area contributed by atoms with E-state index in [0.717, 1.165) is 22.9 Å². The topological polar surface area (TPSA) is 112 Å². The van der Waals surface area contributed by atoms with Crippen LogP contribution in [0.5, 0.6) is 0 Å². The molecule has 0 aliphatic carbocycles. The van der Waals surface area contributed by atoms with E-state index in [1.807, 2.05) is 0 Å². The minimum atomic E-state index is -4.59. The SMILES string of the molecule is CC1=NC(=O)N(CCCN(C)C(=O)c2ccc(Cn3cc(C(F)(F)F)ccc3=O)cc2)C(c2cccc(Cl)c2)C1C(=O)O. The van der Waals surface area contributed by atoms with Gasteiger partial charge in [0.1, 0.15) is 5.92 Å². The summed E-state index contributed by atoms with van der Waals surface area (Å²) in [6.07, 6.45) is -3.51. The number of amides is 3. The fraction of sp³-hybridized carbons (Fsp3) is 0.300. The summed E-state index contributed by atoms with van der Waals surface area (Å²) in [4.78, 5) is 56.9. The molecule has 2 heterocycles. The van der Waals surface area contributed by atoms with E-state index in [2.05, 4.69) is 4.99 Å². The minimum absolute atomic E-state index is 0.107. The Bertz CT molecular complexity index is 1620. The van der Waals surface area contributed by atoms with E-state index in [-0.39, 0.29) is 31.3 Å². The van der Waals surface area contributed by atoms with E-state index in [9.17, 15) is 37.5 Å². The predicted molar refractivity (Wildman–Crippen MR) is 153 cm³/mol. The molecule has 4 rings (SSSR count). The van der Waals surface area contributed by atoms with Crippen molar-refractivity contribution in [2.45, 2.75) is 32.1 Å². The number of aliphatic imine (C=N–C) groups is 1. The quantitative estimate of drug-likeness (QED) is 0.347. The van der Waals surface area contributed by atoms with Gasteiger partial charge in [-0.05, 0) is 54.8 Å². The van der Waals surface area contributed by atoms with E-state index < -0.39 is 41.3 Å². The highest BCUT2D eigenvalue weighted by Gasteiger charge is 2.42. The lowest BCUT2D eigenvalue weighted by Crippen LogP contribution is -2.47. The van der Waals surface area contributed by atoms with Crippen LogP contribution >= 0.6 is 11.6 Å². The fourth-order valence-corrected chi connectivity index (χ4v) is 5.19. The summed E-state index contributed by atoms with van der Waals surface area (Å²) in [7, 11) is 1.58. The number of urea groups is 1. The lowest BCUT2D eigenvalue weighted by atomic mass is 9.87. The first-order valence-electron chi connectivity index (χ1n) is 13.2. The summed E-state index contributed by atoms with van der Waals surface area (Å²) in [5, 5.41) is 10.3. The normalized spacial score (nSPS) is 17.0. The second-order valence-corrected chi connectivity index (χ2v) is 10.6. The molecule has 1 aromatic heterocycles. The van der Waals surface area contributed by atoms with Crippen LogP contribution < -0.4 is 5.56 Å². The van der Waals surface area contributed by atoms with Gasteiger partial charge in [0, 0.05) is 48.7 Å².